The lowest BCUT2D eigenvalue weighted by Gasteiger charge is -2.34. The lowest BCUT2D eigenvalue weighted by Crippen LogP contribution is -2.37. The molecule has 3 aromatic heterocycles. The van der Waals surface area contributed by atoms with Crippen LogP contribution in [0.5, 0.6) is 16.7 Å². The van der Waals surface area contributed by atoms with Crippen LogP contribution in [0.2, 0.25) is 0 Å². The highest BCUT2D eigenvalue weighted by Gasteiger charge is 2.22. The van der Waals surface area contributed by atoms with Gasteiger partial charge in [-0.3, -0.25) is 0 Å². The summed E-state index contributed by atoms with van der Waals surface area (Å²) in [5.74, 6) is 2.51. The summed E-state index contributed by atoms with van der Waals surface area (Å²) in [6.45, 7) is 2.65. The fourth-order valence-electron chi connectivity index (χ4n) is 4.81. The van der Waals surface area contributed by atoms with E-state index >= 15 is 0 Å². The van der Waals surface area contributed by atoms with Gasteiger partial charge in [0.05, 0.1) is 32.4 Å². The van der Waals surface area contributed by atoms with Gasteiger partial charge in [-0.25, -0.2) is 9.50 Å². The standard InChI is InChI=1S/C27H29N5O4S/c1-28-18-6-8-19(9-7-18)31-10-4-5-17(14-31)16-35-23-11-20(33-2)12-24-21(23)13-25(36-24)22-15-32-26(29-22)37-27(30-32)34-3/h6-9,11-13,15,17,28H,4-5,10,14,16H2,1-3H3. The summed E-state index contributed by atoms with van der Waals surface area (Å²) in [5, 5.41) is 8.99. The van der Waals surface area contributed by atoms with Crippen molar-refractivity contribution in [3.8, 4) is 28.1 Å². The van der Waals surface area contributed by atoms with Gasteiger partial charge in [0.1, 0.15) is 22.8 Å². The lowest BCUT2D eigenvalue weighted by molar-refractivity contribution is 0.230. The summed E-state index contributed by atoms with van der Waals surface area (Å²) < 4.78 is 25.0. The first-order chi connectivity index (χ1) is 18.1. The van der Waals surface area contributed by atoms with E-state index in [0.29, 0.717) is 40.5 Å². The number of methoxy groups -OCH3 is 2. The molecule has 0 radical (unpaired) electrons. The highest BCUT2D eigenvalue weighted by molar-refractivity contribution is 7.18. The number of hydrogen-bond donors (Lipinski definition) is 1. The molecule has 0 saturated carbocycles. The Morgan fingerprint density at radius 3 is 2.76 bits per heavy atom. The van der Waals surface area contributed by atoms with Crippen LogP contribution in [-0.4, -0.2) is 55.6 Å². The Morgan fingerprint density at radius 2 is 2.00 bits per heavy atom. The molecule has 1 fully saturated rings. The summed E-state index contributed by atoms with van der Waals surface area (Å²) in [5.41, 5.74) is 3.77. The molecule has 5 aromatic rings. The first kappa shape index (κ1) is 23.5. The summed E-state index contributed by atoms with van der Waals surface area (Å²) in [7, 11) is 5.18. The maximum absolute atomic E-state index is 6.42. The fraction of sp³-hybridized carbons (Fsp3) is 0.333. The molecular weight excluding hydrogens is 490 g/mol. The van der Waals surface area contributed by atoms with E-state index in [1.165, 1.54) is 17.0 Å². The second-order valence-corrected chi connectivity index (χ2v) is 10.1. The number of hydrogen-bond acceptors (Lipinski definition) is 9. The van der Waals surface area contributed by atoms with E-state index in [0.717, 1.165) is 47.7 Å². The minimum atomic E-state index is 0.423. The van der Waals surface area contributed by atoms with Gasteiger partial charge in [0.25, 0.3) is 5.19 Å². The van der Waals surface area contributed by atoms with Crippen molar-refractivity contribution in [1.29, 1.82) is 0 Å². The molecule has 2 aromatic carbocycles. The molecule has 1 unspecified atom stereocenters. The van der Waals surface area contributed by atoms with Gasteiger partial charge in [-0.05, 0) is 54.5 Å². The van der Waals surface area contributed by atoms with Gasteiger partial charge in [0.15, 0.2) is 5.76 Å². The quantitative estimate of drug-likeness (QED) is 0.285. The van der Waals surface area contributed by atoms with Crippen LogP contribution >= 0.6 is 11.3 Å². The Kier molecular flexibility index (Phi) is 6.25. The van der Waals surface area contributed by atoms with Crippen LogP contribution in [0.3, 0.4) is 0 Å². The van der Waals surface area contributed by atoms with Crippen LogP contribution in [0, 0.1) is 5.92 Å². The highest BCUT2D eigenvalue weighted by Crippen LogP contribution is 2.38. The molecule has 0 aliphatic carbocycles. The Bertz CT molecular complexity index is 1490. The number of benzene rings is 2. The third kappa shape index (κ3) is 4.64. The van der Waals surface area contributed by atoms with Crippen molar-refractivity contribution in [1.82, 2.24) is 14.6 Å². The zero-order valence-corrected chi connectivity index (χ0v) is 21.9. The van der Waals surface area contributed by atoms with Gasteiger partial charge >= 0.3 is 0 Å². The average Bonchev–Trinajstić information content (AvgIpc) is 3.65. The number of ether oxygens (including phenoxy) is 3. The molecular formula is C27H29N5O4S. The van der Waals surface area contributed by atoms with Crippen LogP contribution in [-0.2, 0) is 0 Å². The van der Waals surface area contributed by atoms with E-state index in [-0.39, 0.29) is 0 Å². The summed E-state index contributed by atoms with van der Waals surface area (Å²) >= 11 is 1.38. The predicted molar refractivity (Wildman–Crippen MR) is 146 cm³/mol. The maximum Gasteiger partial charge on any atom is 0.294 e. The molecule has 1 atom stereocenters. The van der Waals surface area contributed by atoms with E-state index in [2.05, 4.69) is 44.6 Å². The zero-order valence-electron chi connectivity index (χ0n) is 21.1. The molecule has 1 saturated heterocycles. The monoisotopic (exact) mass is 519 g/mol. The van der Waals surface area contributed by atoms with Crippen molar-refractivity contribution in [2.45, 2.75) is 12.8 Å². The Hall–Kier alpha value is -3.92. The average molecular weight is 520 g/mol. The molecule has 4 heterocycles. The molecule has 192 valence electrons. The van der Waals surface area contributed by atoms with Gasteiger partial charge in [-0.15, -0.1) is 5.10 Å². The Balaban J connectivity index is 1.21. The Morgan fingerprint density at radius 1 is 1.14 bits per heavy atom. The van der Waals surface area contributed by atoms with E-state index < -0.39 is 0 Å². The molecule has 0 bridgehead atoms. The summed E-state index contributed by atoms with van der Waals surface area (Å²) in [6, 6.07) is 14.4. The lowest BCUT2D eigenvalue weighted by atomic mass is 9.98. The van der Waals surface area contributed by atoms with Crippen LogP contribution in [0.4, 0.5) is 11.4 Å². The molecule has 37 heavy (non-hydrogen) atoms. The molecule has 6 rings (SSSR count). The topological polar surface area (TPSA) is 86.3 Å². The number of anilines is 2. The third-order valence-electron chi connectivity index (χ3n) is 6.78. The number of furan rings is 1. The van der Waals surface area contributed by atoms with Crippen LogP contribution in [0.25, 0.3) is 27.4 Å². The van der Waals surface area contributed by atoms with Crippen molar-refractivity contribution >= 4 is 38.6 Å². The molecule has 1 aliphatic rings. The number of nitrogens with zero attached hydrogens (tertiary/aromatic N) is 4. The second kappa shape index (κ2) is 9.85. The van der Waals surface area contributed by atoms with Gasteiger partial charge in [0, 0.05) is 49.6 Å². The van der Waals surface area contributed by atoms with Gasteiger partial charge in [-0.1, -0.05) is 0 Å². The normalized spacial score (nSPS) is 15.9. The molecule has 0 amide bonds. The molecule has 10 heteroatoms. The fourth-order valence-corrected chi connectivity index (χ4v) is 5.51. The number of piperidine rings is 1. The van der Waals surface area contributed by atoms with Crippen molar-refractivity contribution in [3.63, 3.8) is 0 Å². The predicted octanol–water partition coefficient (Wildman–Crippen LogP) is 5.56. The van der Waals surface area contributed by atoms with Gasteiger partial charge in [-0.2, -0.15) is 0 Å². The first-order valence-corrected chi connectivity index (χ1v) is 13.1. The number of fused-ring (bicyclic) bond motifs is 2. The number of aromatic nitrogens is 3. The molecule has 1 N–H and O–H groups in total. The molecule has 1 aliphatic heterocycles. The summed E-state index contributed by atoms with van der Waals surface area (Å²) in [4.78, 5) is 7.84. The van der Waals surface area contributed by atoms with E-state index in [1.807, 2.05) is 31.4 Å². The van der Waals surface area contributed by atoms with E-state index in [4.69, 9.17) is 18.6 Å². The Labute approximate surface area is 218 Å². The van der Waals surface area contributed by atoms with Crippen LogP contribution < -0.4 is 24.4 Å². The van der Waals surface area contributed by atoms with Crippen molar-refractivity contribution in [2.75, 3.05) is 51.2 Å². The zero-order chi connectivity index (χ0) is 25.4. The van der Waals surface area contributed by atoms with Crippen molar-refractivity contribution in [2.24, 2.45) is 5.92 Å². The van der Waals surface area contributed by atoms with Crippen molar-refractivity contribution in [3.05, 3.63) is 48.7 Å². The smallest absolute Gasteiger partial charge is 0.294 e. The van der Waals surface area contributed by atoms with E-state index in [9.17, 15) is 0 Å². The third-order valence-corrected chi connectivity index (χ3v) is 7.66. The second-order valence-electron chi connectivity index (χ2n) is 9.14. The largest absolute Gasteiger partial charge is 0.496 e. The van der Waals surface area contributed by atoms with Crippen LogP contribution in [0.15, 0.2) is 53.1 Å². The van der Waals surface area contributed by atoms with Crippen molar-refractivity contribution < 1.29 is 18.6 Å². The van der Waals surface area contributed by atoms with Gasteiger partial charge in [0.2, 0.25) is 4.96 Å². The minimum Gasteiger partial charge on any atom is -0.496 e. The highest BCUT2D eigenvalue weighted by atomic mass is 32.1. The molecule has 9 nitrogen and oxygen atoms in total. The SMILES string of the molecule is CNc1ccc(N2CCCC(COc3cc(OC)cc4oc(-c5cn6nc(OC)sc6n5)cc34)C2)cc1. The van der Waals surface area contributed by atoms with Crippen LogP contribution in [0.1, 0.15) is 12.8 Å². The number of imidazole rings is 1. The first-order valence-electron chi connectivity index (χ1n) is 12.3. The maximum atomic E-state index is 6.42. The minimum absolute atomic E-state index is 0.423. The number of rotatable bonds is 8. The molecule has 0 spiro atoms. The van der Waals surface area contributed by atoms with E-state index in [1.54, 1.807) is 18.7 Å². The van der Waals surface area contributed by atoms with Gasteiger partial charge < -0.3 is 28.8 Å². The summed E-state index contributed by atoms with van der Waals surface area (Å²) in [6.07, 6.45) is 4.11. The number of nitrogens with one attached hydrogen (secondary N) is 1.